The van der Waals surface area contributed by atoms with Crippen molar-refractivity contribution in [2.45, 2.75) is 40.7 Å². The van der Waals surface area contributed by atoms with E-state index in [9.17, 15) is 14.9 Å². The Hall–Kier alpha value is -3.33. The summed E-state index contributed by atoms with van der Waals surface area (Å²) in [7, 11) is 0. The van der Waals surface area contributed by atoms with E-state index in [1.54, 1.807) is 39.0 Å². The highest BCUT2D eigenvalue weighted by molar-refractivity contribution is 6.15. The number of nitrogens with zero attached hydrogens (tertiary/aromatic N) is 1. The Balaban J connectivity index is 2.46. The SMILES string of the molecule is CCOC(=O)c1c(C)[nH]c(C(=O)/C(C#N)=C/c2ccccc2OC(C)C)c1C. The first-order valence-corrected chi connectivity index (χ1v) is 9.08. The van der Waals surface area contributed by atoms with Gasteiger partial charge in [-0.05, 0) is 52.3 Å². The van der Waals surface area contributed by atoms with Crippen molar-refractivity contribution in [1.82, 2.24) is 4.98 Å². The highest BCUT2D eigenvalue weighted by Crippen LogP contribution is 2.25. The fourth-order valence-electron chi connectivity index (χ4n) is 2.89. The second-order valence-corrected chi connectivity index (χ2v) is 6.55. The average Bonchev–Trinajstić information content (AvgIpc) is 2.94. The van der Waals surface area contributed by atoms with Crippen LogP contribution in [0.4, 0.5) is 0 Å². The molecule has 0 bridgehead atoms. The number of benzene rings is 1. The van der Waals surface area contributed by atoms with E-state index in [1.165, 1.54) is 6.08 Å². The molecule has 0 amide bonds. The second kappa shape index (κ2) is 9.05. The molecule has 1 heterocycles. The van der Waals surface area contributed by atoms with E-state index in [-0.39, 0.29) is 24.0 Å². The van der Waals surface area contributed by atoms with Crippen LogP contribution in [0.1, 0.15) is 58.4 Å². The van der Waals surface area contributed by atoms with Gasteiger partial charge in [-0.15, -0.1) is 0 Å². The molecule has 28 heavy (non-hydrogen) atoms. The molecule has 2 aromatic rings. The molecule has 6 heteroatoms. The van der Waals surface area contributed by atoms with E-state index >= 15 is 0 Å². The zero-order valence-corrected chi connectivity index (χ0v) is 16.8. The van der Waals surface area contributed by atoms with Crippen molar-refractivity contribution in [2.24, 2.45) is 0 Å². The third-order valence-electron chi connectivity index (χ3n) is 4.09. The molecule has 0 radical (unpaired) electrons. The first-order valence-electron chi connectivity index (χ1n) is 9.08. The number of aryl methyl sites for hydroxylation is 1. The molecular formula is C22H24N2O4. The van der Waals surface area contributed by atoms with E-state index in [0.717, 1.165) is 0 Å². The average molecular weight is 380 g/mol. The predicted octanol–water partition coefficient (Wildman–Crippen LogP) is 4.39. The summed E-state index contributed by atoms with van der Waals surface area (Å²) >= 11 is 0. The maximum atomic E-state index is 13.0. The number of rotatable bonds is 7. The first kappa shape index (κ1) is 21.0. The van der Waals surface area contributed by atoms with Crippen LogP contribution in [0.15, 0.2) is 29.8 Å². The van der Waals surface area contributed by atoms with Crippen molar-refractivity contribution in [3.05, 3.63) is 57.9 Å². The van der Waals surface area contributed by atoms with E-state index < -0.39 is 11.8 Å². The van der Waals surface area contributed by atoms with Gasteiger partial charge in [0.2, 0.25) is 5.78 Å². The van der Waals surface area contributed by atoms with Gasteiger partial charge in [-0.25, -0.2) is 4.79 Å². The molecule has 0 aliphatic rings. The van der Waals surface area contributed by atoms with Gasteiger partial charge < -0.3 is 14.5 Å². The van der Waals surface area contributed by atoms with E-state index in [0.29, 0.717) is 28.1 Å². The maximum Gasteiger partial charge on any atom is 0.340 e. The molecule has 0 spiro atoms. The van der Waals surface area contributed by atoms with Gasteiger partial charge in [-0.3, -0.25) is 4.79 Å². The van der Waals surface area contributed by atoms with Gasteiger partial charge in [0, 0.05) is 11.3 Å². The summed E-state index contributed by atoms with van der Waals surface area (Å²) in [5, 5.41) is 9.57. The predicted molar refractivity (Wildman–Crippen MR) is 106 cm³/mol. The lowest BCUT2D eigenvalue weighted by Gasteiger charge is -2.12. The number of hydrogen-bond acceptors (Lipinski definition) is 5. The Labute approximate surface area is 164 Å². The summed E-state index contributed by atoms with van der Waals surface area (Å²) in [5.74, 6) is -0.395. The van der Waals surface area contributed by atoms with E-state index in [1.807, 2.05) is 26.0 Å². The second-order valence-electron chi connectivity index (χ2n) is 6.55. The highest BCUT2D eigenvalue weighted by Gasteiger charge is 2.25. The fraction of sp³-hybridized carbons (Fsp3) is 0.318. The van der Waals surface area contributed by atoms with Crippen molar-refractivity contribution < 1.29 is 19.1 Å². The van der Waals surface area contributed by atoms with Gasteiger partial charge in [-0.2, -0.15) is 5.26 Å². The van der Waals surface area contributed by atoms with Crippen molar-refractivity contribution >= 4 is 17.8 Å². The van der Waals surface area contributed by atoms with Gasteiger partial charge in [0.15, 0.2) is 0 Å². The Morgan fingerprint density at radius 1 is 1.25 bits per heavy atom. The molecule has 2 rings (SSSR count). The smallest absolute Gasteiger partial charge is 0.340 e. The number of aromatic nitrogens is 1. The molecule has 0 atom stereocenters. The van der Waals surface area contributed by atoms with Crippen LogP contribution < -0.4 is 4.74 Å². The van der Waals surface area contributed by atoms with Crippen molar-refractivity contribution in [2.75, 3.05) is 6.61 Å². The fourth-order valence-corrected chi connectivity index (χ4v) is 2.89. The van der Waals surface area contributed by atoms with E-state index in [4.69, 9.17) is 9.47 Å². The summed E-state index contributed by atoms with van der Waals surface area (Å²) in [6.07, 6.45) is 1.45. The van der Waals surface area contributed by atoms with E-state index in [2.05, 4.69) is 4.98 Å². The van der Waals surface area contributed by atoms with Gasteiger partial charge in [0.1, 0.15) is 17.4 Å². The molecule has 0 aliphatic carbocycles. The molecule has 6 nitrogen and oxygen atoms in total. The van der Waals surface area contributed by atoms with Gasteiger partial charge in [-0.1, -0.05) is 18.2 Å². The number of carbonyl (C=O) groups excluding carboxylic acids is 2. The van der Waals surface area contributed by atoms with Crippen LogP contribution in [0, 0.1) is 25.2 Å². The molecule has 1 aromatic carbocycles. The largest absolute Gasteiger partial charge is 0.490 e. The lowest BCUT2D eigenvalue weighted by Crippen LogP contribution is -2.09. The number of Topliss-reactive ketones (excluding diaryl/α,β-unsaturated/α-hetero) is 1. The summed E-state index contributed by atoms with van der Waals surface area (Å²) in [6, 6.07) is 9.16. The summed E-state index contributed by atoms with van der Waals surface area (Å²) < 4.78 is 10.8. The zero-order chi connectivity index (χ0) is 20.8. The molecule has 0 unspecified atom stereocenters. The molecule has 0 aliphatic heterocycles. The summed E-state index contributed by atoms with van der Waals surface area (Å²) in [5.41, 5.74) is 2.10. The van der Waals surface area contributed by atoms with Crippen molar-refractivity contribution in [3.8, 4) is 11.8 Å². The van der Waals surface area contributed by atoms with Crippen molar-refractivity contribution in [1.29, 1.82) is 5.26 Å². The quantitative estimate of drug-likeness (QED) is 0.333. The maximum absolute atomic E-state index is 13.0. The third kappa shape index (κ3) is 4.49. The lowest BCUT2D eigenvalue weighted by molar-refractivity contribution is 0.0525. The van der Waals surface area contributed by atoms with Crippen LogP contribution in [0.3, 0.4) is 0 Å². The Morgan fingerprint density at radius 2 is 1.93 bits per heavy atom. The van der Waals surface area contributed by atoms with Crippen LogP contribution in [0.25, 0.3) is 6.08 Å². The number of allylic oxidation sites excluding steroid dienone is 1. The number of nitriles is 1. The third-order valence-corrected chi connectivity index (χ3v) is 4.09. The number of ketones is 1. The number of carbonyl (C=O) groups is 2. The minimum Gasteiger partial charge on any atom is -0.490 e. The van der Waals surface area contributed by atoms with Crippen LogP contribution in [0.2, 0.25) is 0 Å². The Bertz CT molecular complexity index is 961. The number of aromatic amines is 1. The van der Waals surface area contributed by atoms with Gasteiger partial charge in [0.05, 0.1) is 24.0 Å². The van der Waals surface area contributed by atoms with Crippen LogP contribution in [-0.4, -0.2) is 29.4 Å². The number of ether oxygens (including phenoxy) is 2. The molecule has 0 fully saturated rings. The molecule has 1 N–H and O–H groups in total. The Kier molecular flexibility index (Phi) is 6.78. The molecule has 1 aromatic heterocycles. The molecule has 146 valence electrons. The summed E-state index contributed by atoms with van der Waals surface area (Å²) in [6.45, 7) is 9.11. The van der Waals surface area contributed by atoms with Crippen molar-refractivity contribution in [3.63, 3.8) is 0 Å². The van der Waals surface area contributed by atoms with Crippen LogP contribution in [-0.2, 0) is 4.74 Å². The number of para-hydroxylation sites is 1. The minimum atomic E-state index is -0.494. The topological polar surface area (TPSA) is 92.2 Å². The molecular weight excluding hydrogens is 356 g/mol. The standard InChI is InChI=1S/C22H24N2O4/c1-6-27-22(26)19-14(4)20(24-15(19)5)21(25)17(12-23)11-16-9-7-8-10-18(16)28-13(2)3/h7-11,13,24H,6H2,1-5H3/b17-11+. The monoisotopic (exact) mass is 380 g/mol. The molecule has 0 saturated carbocycles. The number of esters is 1. The molecule has 0 saturated heterocycles. The number of hydrogen-bond donors (Lipinski definition) is 1. The lowest BCUT2D eigenvalue weighted by atomic mass is 10.0. The zero-order valence-electron chi connectivity index (χ0n) is 16.8. The minimum absolute atomic E-state index is 0.0452. The highest BCUT2D eigenvalue weighted by atomic mass is 16.5. The van der Waals surface area contributed by atoms with Gasteiger partial charge in [0.25, 0.3) is 0 Å². The first-order chi connectivity index (χ1) is 13.3. The van der Waals surface area contributed by atoms with Gasteiger partial charge >= 0.3 is 5.97 Å². The normalized spacial score (nSPS) is 11.2. The summed E-state index contributed by atoms with van der Waals surface area (Å²) in [4.78, 5) is 28.0. The van der Waals surface area contributed by atoms with Crippen LogP contribution >= 0.6 is 0 Å². The Morgan fingerprint density at radius 3 is 2.54 bits per heavy atom. The van der Waals surface area contributed by atoms with Crippen LogP contribution in [0.5, 0.6) is 5.75 Å². The number of nitrogens with one attached hydrogen (secondary N) is 1. The number of H-pyrrole nitrogens is 1.